The first kappa shape index (κ1) is 19.9. The van der Waals surface area contributed by atoms with Crippen LogP contribution in [0.1, 0.15) is 47.0 Å². The summed E-state index contributed by atoms with van der Waals surface area (Å²) in [6.07, 6.45) is 4.26. The van der Waals surface area contributed by atoms with Crippen LogP contribution in [0.3, 0.4) is 0 Å². The van der Waals surface area contributed by atoms with Crippen LogP contribution in [0.25, 0.3) is 0 Å². The standard InChI is InChI=1S/C18H30BN5O3/c1-17(2)18(3,4)27-19(26-17)13-12-22-16(23-15(13)20-5)21-9-7-11-24-10-6-8-14(24)25/h12H,6-11H2,1-5H3,(H2,20,21,22,23). The summed E-state index contributed by atoms with van der Waals surface area (Å²) in [4.78, 5) is 22.5. The molecule has 3 heterocycles. The maximum atomic E-state index is 11.6. The van der Waals surface area contributed by atoms with E-state index in [4.69, 9.17) is 9.31 Å². The Balaban J connectivity index is 1.59. The van der Waals surface area contributed by atoms with Crippen molar-refractivity contribution in [2.24, 2.45) is 0 Å². The highest BCUT2D eigenvalue weighted by Crippen LogP contribution is 2.36. The van der Waals surface area contributed by atoms with Crippen molar-refractivity contribution in [2.45, 2.75) is 58.2 Å². The summed E-state index contributed by atoms with van der Waals surface area (Å²) in [5, 5.41) is 6.33. The average molecular weight is 375 g/mol. The molecule has 9 heteroatoms. The van der Waals surface area contributed by atoms with E-state index in [9.17, 15) is 4.79 Å². The summed E-state index contributed by atoms with van der Waals surface area (Å²) in [6, 6.07) is 0. The predicted molar refractivity (Wildman–Crippen MR) is 106 cm³/mol. The third kappa shape index (κ3) is 4.19. The highest BCUT2D eigenvalue weighted by atomic mass is 16.7. The lowest BCUT2D eigenvalue weighted by molar-refractivity contribution is -0.127. The molecule has 27 heavy (non-hydrogen) atoms. The Labute approximate surface area is 161 Å². The van der Waals surface area contributed by atoms with Crippen LogP contribution < -0.4 is 16.1 Å². The highest BCUT2D eigenvalue weighted by molar-refractivity contribution is 6.63. The lowest BCUT2D eigenvalue weighted by Gasteiger charge is -2.32. The Morgan fingerprint density at radius 1 is 1.26 bits per heavy atom. The van der Waals surface area contributed by atoms with Crippen LogP contribution in [0, 0.1) is 0 Å². The van der Waals surface area contributed by atoms with Crippen LogP contribution >= 0.6 is 0 Å². The SMILES string of the molecule is CNc1nc(NCCCN2CCCC2=O)ncc1B1OC(C)(C)C(C)(C)O1. The van der Waals surface area contributed by atoms with Gasteiger partial charge in [0.2, 0.25) is 11.9 Å². The van der Waals surface area contributed by atoms with Gasteiger partial charge in [0.15, 0.2) is 0 Å². The molecule has 2 N–H and O–H groups in total. The molecule has 0 radical (unpaired) electrons. The minimum Gasteiger partial charge on any atom is -0.399 e. The fourth-order valence-corrected chi connectivity index (χ4v) is 3.23. The first-order chi connectivity index (χ1) is 12.7. The number of nitrogens with zero attached hydrogens (tertiary/aromatic N) is 3. The van der Waals surface area contributed by atoms with Gasteiger partial charge in [-0.1, -0.05) is 0 Å². The quantitative estimate of drug-likeness (QED) is 0.548. The second kappa shape index (κ2) is 7.63. The van der Waals surface area contributed by atoms with Crippen LogP contribution in [-0.4, -0.2) is 65.8 Å². The Bertz CT molecular complexity index is 682. The van der Waals surface area contributed by atoms with Crippen molar-refractivity contribution >= 4 is 30.3 Å². The maximum absolute atomic E-state index is 11.6. The number of amides is 1. The average Bonchev–Trinajstić information content (AvgIpc) is 3.11. The van der Waals surface area contributed by atoms with Gasteiger partial charge in [0, 0.05) is 44.8 Å². The van der Waals surface area contributed by atoms with Crippen molar-refractivity contribution in [1.29, 1.82) is 0 Å². The number of hydrogen-bond acceptors (Lipinski definition) is 7. The number of carbonyl (C=O) groups excluding carboxylic acids is 1. The van der Waals surface area contributed by atoms with E-state index >= 15 is 0 Å². The van der Waals surface area contributed by atoms with Crippen molar-refractivity contribution in [2.75, 3.05) is 37.3 Å². The van der Waals surface area contributed by atoms with Crippen molar-refractivity contribution in [1.82, 2.24) is 14.9 Å². The van der Waals surface area contributed by atoms with Crippen molar-refractivity contribution in [3.63, 3.8) is 0 Å². The van der Waals surface area contributed by atoms with Crippen molar-refractivity contribution in [3.05, 3.63) is 6.20 Å². The van der Waals surface area contributed by atoms with E-state index < -0.39 is 18.3 Å². The Morgan fingerprint density at radius 3 is 2.56 bits per heavy atom. The molecule has 8 nitrogen and oxygen atoms in total. The number of nitrogens with one attached hydrogen (secondary N) is 2. The summed E-state index contributed by atoms with van der Waals surface area (Å²) in [7, 11) is 1.31. The van der Waals surface area contributed by atoms with Gasteiger partial charge in [-0.15, -0.1) is 0 Å². The van der Waals surface area contributed by atoms with Crippen molar-refractivity contribution < 1.29 is 14.1 Å². The lowest BCUT2D eigenvalue weighted by Crippen LogP contribution is -2.41. The maximum Gasteiger partial charge on any atom is 0.500 e. The van der Waals surface area contributed by atoms with Crippen LogP contribution in [0.4, 0.5) is 11.8 Å². The van der Waals surface area contributed by atoms with Gasteiger partial charge >= 0.3 is 7.12 Å². The summed E-state index contributed by atoms with van der Waals surface area (Å²) >= 11 is 0. The van der Waals surface area contributed by atoms with Gasteiger partial charge in [-0.25, -0.2) is 4.98 Å². The molecule has 148 valence electrons. The van der Waals surface area contributed by atoms with E-state index in [1.807, 2.05) is 39.6 Å². The van der Waals surface area contributed by atoms with E-state index in [0.29, 0.717) is 24.7 Å². The summed E-state index contributed by atoms with van der Waals surface area (Å²) in [5.41, 5.74) is -0.0384. The molecule has 0 bridgehead atoms. The molecule has 1 aromatic rings. The number of aromatic nitrogens is 2. The van der Waals surface area contributed by atoms with Gasteiger partial charge < -0.3 is 24.8 Å². The van der Waals surface area contributed by atoms with E-state index in [2.05, 4.69) is 20.6 Å². The highest BCUT2D eigenvalue weighted by Gasteiger charge is 2.52. The molecule has 0 spiro atoms. The van der Waals surface area contributed by atoms with Crippen LogP contribution in [0.15, 0.2) is 6.20 Å². The van der Waals surface area contributed by atoms with Gasteiger partial charge in [-0.3, -0.25) is 4.79 Å². The first-order valence-corrected chi connectivity index (χ1v) is 9.65. The molecule has 2 aliphatic rings. The molecule has 1 amide bonds. The topological polar surface area (TPSA) is 88.6 Å². The molecule has 2 aliphatic heterocycles. The van der Waals surface area contributed by atoms with Gasteiger partial charge in [0.25, 0.3) is 0 Å². The molecular formula is C18H30BN5O3. The van der Waals surface area contributed by atoms with Gasteiger partial charge in [-0.2, -0.15) is 4.98 Å². The molecule has 0 aromatic carbocycles. The predicted octanol–water partition coefficient (Wildman–Crippen LogP) is 1.24. The number of hydrogen-bond donors (Lipinski definition) is 2. The molecule has 0 unspecified atom stereocenters. The zero-order chi connectivity index (χ0) is 19.7. The summed E-state index contributed by atoms with van der Waals surface area (Å²) < 4.78 is 12.2. The van der Waals surface area contributed by atoms with E-state index in [0.717, 1.165) is 31.4 Å². The second-order valence-corrected chi connectivity index (χ2v) is 8.10. The number of likely N-dealkylation sites (tertiary alicyclic amines) is 1. The smallest absolute Gasteiger partial charge is 0.399 e. The summed E-state index contributed by atoms with van der Waals surface area (Å²) in [6.45, 7) is 10.4. The van der Waals surface area contributed by atoms with Crippen LogP contribution in [0.2, 0.25) is 0 Å². The van der Waals surface area contributed by atoms with Crippen molar-refractivity contribution in [3.8, 4) is 0 Å². The van der Waals surface area contributed by atoms with Crippen LogP contribution in [-0.2, 0) is 14.1 Å². The van der Waals surface area contributed by atoms with E-state index in [-0.39, 0.29) is 5.91 Å². The molecule has 2 fully saturated rings. The molecule has 3 rings (SSSR count). The largest absolute Gasteiger partial charge is 0.500 e. The Hall–Kier alpha value is -1.87. The fourth-order valence-electron chi connectivity index (χ4n) is 3.23. The molecular weight excluding hydrogens is 345 g/mol. The second-order valence-electron chi connectivity index (χ2n) is 8.10. The molecule has 2 saturated heterocycles. The lowest BCUT2D eigenvalue weighted by atomic mass is 9.80. The number of anilines is 2. The van der Waals surface area contributed by atoms with E-state index in [1.165, 1.54) is 0 Å². The van der Waals surface area contributed by atoms with Gasteiger partial charge in [0.05, 0.1) is 11.2 Å². The van der Waals surface area contributed by atoms with E-state index in [1.54, 1.807) is 6.20 Å². The molecule has 0 aliphatic carbocycles. The van der Waals surface area contributed by atoms with Crippen LogP contribution in [0.5, 0.6) is 0 Å². The third-order valence-corrected chi connectivity index (χ3v) is 5.62. The fraction of sp³-hybridized carbons (Fsp3) is 0.722. The zero-order valence-corrected chi connectivity index (χ0v) is 17.0. The zero-order valence-electron chi connectivity index (χ0n) is 17.0. The number of carbonyl (C=O) groups is 1. The third-order valence-electron chi connectivity index (χ3n) is 5.62. The Morgan fingerprint density at radius 2 is 1.96 bits per heavy atom. The normalized spacial score (nSPS) is 21.0. The monoisotopic (exact) mass is 375 g/mol. The minimum absolute atomic E-state index is 0.260. The number of rotatable bonds is 7. The van der Waals surface area contributed by atoms with Gasteiger partial charge in [-0.05, 0) is 40.5 Å². The Kier molecular flexibility index (Phi) is 5.62. The molecule has 0 saturated carbocycles. The molecule has 0 atom stereocenters. The first-order valence-electron chi connectivity index (χ1n) is 9.65. The van der Waals surface area contributed by atoms with Gasteiger partial charge in [0.1, 0.15) is 5.82 Å². The molecule has 1 aromatic heterocycles. The minimum atomic E-state index is -0.507. The summed E-state index contributed by atoms with van der Waals surface area (Å²) in [5.74, 6) is 1.49.